The van der Waals surface area contributed by atoms with Crippen LogP contribution in [0.1, 0.15) is 13.8 Å². The first-order chi connectivity index (χ1) is 14.1. The zero-order valence-corrected chi connectivity index (χ0v) is 17.9. The van der Waals surface area contributed by atoms with Crippen molar-refractivity contribution in [2.24, 2.45) is 11.5 Å². The third-order valence-corrected chi connectivity index (χ3v) is 4.89. The lowest BCUT2D eigenvalue weighted by atomic mass is 10.1. The Morgan fingerprint density at radius 1 is 1.30 bits per heavy atom. The number of hydrogen-bond donors (Lipinski definition) is 5. The molecular formula is C18H22ClN5O5S. The number of rotatable bonds is 8. The Kier molecular flexibility index (Phi) is 8.09. The fourth-order valence-corrected chi connectivity index (χ4v) is 2.96. The number of hydrogen-bond acceptors (Lipinski definition) is 8. The maximum Gasteiger partial charge on any atom is 0.346 e. The maximum atomic E-state index is 12.3. The molecule has 12 heteroatoms. The average Bonchev–Trinajstić information content (AvgIpc) is 2.68. The van der Waals surface area contributed by atoms with Crippen molar-refractivity contribution in [1.29, 1.82) is 5.41 Å². The molecular weight excluding hydrogens is 434 g/mol. The van der Waals surface area contributed by atoms with Crippen LogP contribution in [0, 0.1) is 5.41 Å². The minimum atomic E-state index is -0.831. The molecule has 0 fully saturated rings. The molecule has 0 bridgehead atoms. The van der Waals surface area contributed by atoms with Gasteiger partial charge in [-0.3, -0.25) is 15.0 Å². The van der Waals surface area contributed by atoms with Crippen molar-refractivity contribution in [3.8, 4) is 5.95 Å². The number of amides is 2. The van der Waals surface area contributed by atoms with Gasteiger partial charge >= 0.3 is 11.6 Å². The highest BCUT2D eigenvalue weighted by atomic mass is 35.5. The van der Waals surface area contributed by atoms with Gasteiger partial charge in [-0.05, 0) is 26.0 Å². The average molecular weight is 456 g/mol. The van der Waals surface area contributed by atoms with E-state index in [9.17, 15) is 14.4 Å². The highest BCUT2D eigenvalue weighted by Gasteiger charge is 2.19. The fourth-order valence-electron chi connectivity index (χ4n) is 2.32. The molecule has 2 atom stereocenters. The second-order valence-electron chi connectivity index (χ2n) is 6.32. The SMILES string of the molecule is C[C@H](N)C(=O)N[C@@H](C)C(=O)Nc1ccc2c(Cl)c(OCCSC(=N)N)oc(=O)c2c1. The minimum Gasteiger partial charge on any atom is -0.463 e. The molecule has 7 N–H and O–H groups in total. The number of ether oxygens (including phenoxy) is 1. The summed E-state index contributed by atoms with van der Waals surface area (Å²) in [5, 5.41) is 12.8. The van der Waals surface area contributed by atoms with Crippen molar-refractivity contribution in [2.45, 2.75) is 25.9 Å². The molecule has 10 nitrogen and oxygen atoms in total. The van der Waals surface area contributed by atoms with E-state index >= 15 is 0 Å². The normalized spacial score (nSPS) is 12.8. The van der Waals surface area contributed by atoms with Gasteiger partial charge in [0.2, 0.25) is 11.8 Å². The summed E-state index contributed by atoms with van der Waals surface area (Å²) in [4.78, 5) is 36.2. The van der Waals surface area contributed by atoms with Gasteiger partial charge in [-0.1, -0.05) is 29.4 Å². The minimum absolute atomic E-state index is 0.0503. The van der Waals surface area contributed by atoms with Crippen molar-refractivity contribution in [3.63, 3.8) is 0 Å². The van der Waals surface area contributed by atoms with E-state index in [1.54, 1.807) is 12.1 Å². The van der Waals surface area contributed by atoms with Crippen LogP contribution in [-0.2, 0) is 9.59 Å². The zero-order valence-electron chi connectivity index (χ0n) is 16.3. The summed E-state index contributed by atoms with van der Waals surface area (Å²) < 4.78 is 10.5. The molecule has 162 valence electrons. The lowest BCUT2D eigenvalue weighted by molar-refractivity contribution is -0.126. The van der Waals surface area contributed by atoms with Crippen LogP contribution >= 0.6 is 23.4 Å². The van der Waals surface area contributed by atoms with E-state index in [1.165, 1.54) is 19.9 Å². The van der Waals surface area contributed by atoms with E-state index < -0.39 is 29.5 Å². The lowest BCUT2D eigenvalue weighted by Gasteiger charge is -2.16. The van der Waals surface area contributed by atoms with E-state index in [0.29, 0.717) is 16.8 Å². The molecule has 0 saturated carbocycles. The van der Waals surface area contributed by atoms with Gasteiger partial charge in [0.05, 0.1) is 11.4 Å². The Hall–Kier alpha value is -2.76. The Morgan fingerprint density at radius 3 is 2.63 bits per heavy atom. The van der Waals surface area contributed by atoms with Gasteiger partial charge in [-0.15, -0.1) is 0 Å². The van der Waals surface area contributed by atoms with E-state index in [-0.39, 0.29) is 28.1 Å². The molecule has 30 heavy (non-hydrogen) atoms. The zero-order chi connectivity index (χ0) is 22.4. The largest absolute Gasteiger partial charge is 0.463 e. The van der Waals surface area contributed by atoms with Crippen molar-refractivity contribution in [1.82, 2.24) is 5.32 Å². The number of carbonyl (C=O) groups excluding carboxylic acids is 2. The maximum absolute atomic E-state index is 12.3. The molecule has 0 unspecified atom stereocenters. The van der Waals surface area contributed by atoms with Crippen LogP contribution in [0.5, 0.6) is 5.95 Å². The van der Waals surface area contributed by atoms with Crippen molar-refractivity contribution in [2.75, 3.05) is 17.7 Å². The highest BCUT2D eigenvalue weighted by Crippen LogP contribution is 2.32. The Morgan fingerprint density at radius 2 is 2.00 bits per heavy atom. The van der Waals surface area contributed by atoms with Gasteiger partial charge < -0.3 is 31.3 Å². The number of nitrogens with one attached hydrogen (secondary N) is 3. The van der Waals surface area contributed by atoms with Crippen LogP contribution in [0.4, 0.5) is 5.69 Å². The molecule has 2 rings (SSSR count). The molecule has 0 aliphatic heterocycles. The van der Waals surface area contributed by atoms with Gasteiger partial charge in [-0.25, -0.2) is 4.79 Å². The van der Waals surface area contributed by atoms with E-state index in [1.807, 2.05) is 0 Å². The summed E-state index contributed by atoms with van der Waals surface area (Å²) in [6.45, 7) is 3.15. The monoisotopic (exact) mass is 455 g/mol. The molecule has 0 saturated heterocycles. The van der Waals surface area contributed by atoms with Crippen LogP contribution in [0.25, 0.3) is 10.8 Å². The first-order valence-corrected chi connectivity index (χ1v) is 10.2. The molecule has 1 aromatic heterocycles. The number of thioether (sulfide) groups is 1. The van der Waals surface area contributed by atoms with Gasteiger partial charge in [0.15, 0.2) is 5.17 Å². The number of fused-ring (bicyclic) bond motifs is 1. The topological polar surface area (TPSA) is 174 Å². The Labute approximate surface area is 181 Å². The quantitative estimate of drug-likeness (QED) is 0.224. The number of amidine groups is 1. The summed E-state index contributed by atoms with van der Waals surface area (Å²) in [7, 11) is 0. The van der Waals surface area contributed by atoms with Crippen molar-refractivity contribution < 1.29 is 18.7 Å². The molecule has 2 amide bonds. The first-order valence-electron chi connectivity index (χ1n) is 8.83. The van der Waals surface area contributed by atoms with Gasteiger partial charge in [-0.2, -0.15) is 0 Å². The van der Waals surface area contributed by atoms with Crippen molar-refractivity contribution >= 4 is 56.8 Å². The number of benzene rings is 1. The van der Waals surface area contributed by atoms with Crippen LogP contribution in [0.2, 0.25) is 5.02 Å². The number of anilines is 1. The Bertz CT molecular complexity index is 1030. The third-order valence-electron chi connectivity index (χ3n) is 3.85. The molecule has 0 aliphatic carbocycles. The van der Waals surface area contributed by atoms with Crippen LogP contribution in [0.3, 0.4) is 0 Å². The number of halogens is 1. The van der Waals surface area contributed by atoms with Gasteiger partial charge in [0.1, 0.15) is 17.7 Å². The summed E-state index contributed by atoms with van der Waals surface area (Å²) in [5.41, 5.74) is 10.3. The van der Waals surface area contributed by atoms with E-state index in [4.69, 9.17) is 37.6 Å². The molecule has 1 heterocycles. The molecule has 0 spiro atoms. The standard InChI is InChI=1S/C18H22ClN5O5S/c1-8(20)14(25)23-9(2)15(26)24-10-3-4-11-12(7-10)16(27)29-17(13(11)19)28-5-6-30-18(21)22/h3-4,7-9H,5-6,20H2,1-2H3,(H3,21,22)(H,23,25)(H,24,26)/t8-,9-/m0/s1. The highest BCUT2D eigenvalue weighted by molar-refractivity contribution is 8.13. The van der Waals surface area contributed by atoms with Crippen LogP contribution < -0.4 is 32.5 Å². The van der Waals surface area contributed by atoms with E-state index in [2.05, 4.69) is 10.6 Å². The number of carbonyl (C=O) groups is 2. The number of nitrogens with two attached hydrogens (primary N) is 2. The first kappa shape index (κ1) is 23.5. The predicted octanol–water partition coefficient (Wildman–Crippen LogP) is 1.24. The smallest absolute Gasteiger partial charge is 0.346 e. The lowest BCUT2D eigenvalue weighted by Crippen LogP contribution is -2.47. The molecule has 1 aromatic carbocycles. The second kappa shape index (κ2) is 10.3. The second-order valence-corrected chi connectivity index (χ2v) is 7.84. The van der Waals surface area contributed by atoms with Gasteiger partial charge in [0, 0.05) is 16.8 Å². The summed E-state index contributed by atoms with van der Waals surface area (Å²) in [5.74, 6) is -0.697. The fraction of sp³-hybridized carbons (Fsp3) is 0.333. The summed E-state index contributed by atoms with van der Waals surface area (Å²) in [6, 6.07) is 2.95. The molecule has 0 radical (unpaired) electrons. The predicted molar refractivity (Wildman–Crippen MR) is 117 cm³/mol. The van der Waals surface area contributed by atoms with Crippen LogP contribution in [-0.4, -0.2) is 41.4 Å². The summed E-state index contributed by atoms with van der Waals surface area (Å²) >= 11 is 7.35. The molecule has 0 aliphatic rings. The van der Waals surface area contributed by atoms with E-state index in [0.717, 1.165) is 11.8 Å². The third kappa shape index (κ3) is 6.12. The van der Waals surface area contributed by atoms with Crippen molar-refractivity contribution in [3.05, 3.63) is 33.6 Å². The molecule has 2 aromatic rings. The summed E-state index contributed by atoms with van der Waals surface area (Å²) in [6.07, 6.45) is 0. The van der Waals surface area contributed by atoms with Crippen LogP contribution in [0.15, 0.2) is 27.4 Å². The Balaban J connectivity index is 2.16. The van der Waals surface area contributed by atoms with Gasteiger partial charge in [0.25, 0.3) is 0 Å².